The summed E-state index contributed by atoms with van der Waals surface area (Å²) in [7, 11) is -0.760. The van der Waals surface area contributed by atoms with Crippen molar-refractivity contribution in [3.63, 3.8) is 0 Å². The minimum absolute atomic E-state index is 0.0858. The summed E-state index contributed by atoms with van der Waals surface area (Å²) in [6.07, 6.45) is 0. The number of thiazole rings is 1. The van der Waals surface area contributed by atoms with Crippen LogP contribution in [-0.4, -0.2) is 33.5 Å². The van der Waals surface area contributed by atoms with E-state index in [0.717, 1.165) is 11.3 Å². The van der Waals surface area contributed by atoms with E-state index in [1.54, 1.807) is 19.1 Å². The molecule has 0 atom stereocenters. The number of anilines is 1. The lowest BCUT2D eigenvalue weighted by molar-refractivity contribution is 0.0966. The molecule has 2 aromatic rings. The van der Waals surface area contributed by atoms with Gasteiger partial charge in [0.1, 0.15) is 10.6 Å². The molecule has 1 amide bonds. The Labute approximate surface area is 132 Å². The third kappa shape index (κ3) is 3.37. The van der Waals surface area contributed by atoms with E-state index >= 15 is 0 Å². The number of rotatable bonds is 5. The van der Waals surface area contributed by atoms with Gasteiger partial charge in [-0.15, -0.1) is 0 Å². The molecule has 0 saturated carbocycles. The number of hydrogen-bond acceptors (Lipinski definition) is 6. The van der Waals surface area contributed by atoms with Crippen molar-refractivity contribution in [2.45, 2.75) is 11.8 Å². The van der Waals surface area contributed by atoms with Gasteiger partial charge < -0.3 is 10.1 Å². The predicted octanol–water partition coefficient (Wildman–Crippen LogP) is 1.62. The number of hydrogen-bond donors (Lipinski definition) is 2. The number of methoxy groups -OCH3 is 1. The predicted molar refractivity (Wildman–Crippen MR) is 84.0 cm³/mol. The summed E-state index contributed by atoms with van der Waals surface area (Å²) < 4.78 is 31.9. The molecule has 0 spiro atoms. The van der Waals surface area contributed by atoms with E-state index in [1.165, 1.54) is 26.3 Å². The molecule has 1 aromatic carbocycles. The lowest BCUT2D eigenvalue weighted by atomic mass is 10.3. The van der Waals surface area contributed by atoms with Crippen LogP contribution in [0.4, 0.5) is 5.13 Å². The summed E-state index contributed by atoms with van der Waals surface area (Å²) in [5.41, 5.74) is 0.469. The molecular formula is C13H15N3O4S2. The second-order valence-corrected chi connectivity index (χ2v) is 6.98. The van der Waals surface area contributed by atoms with Gasteiger partial charge >= 0.3 is 0 Å². The van der Waals surface area contributed by atoms with Crippen LogP contribution < -0.4 is 14.8 Å². The Bertz CT molecular complexity index is 782. The highest BCUT2D eigenvalue weighted by atomic mass is 32.2. The smallest absolute Gasteiger partial charge is 0.263 e. The van der Waals surface area contributed by atoms with Crippen LogP contribution in [0, 0.1) is 6.92 Å². The number of amides is 1. The van der Waals surface area contributed by atoms with E-state index in [1.807, 2.05) is 0 Å². The van der Waals surface area contributed by atoms with Crippen molar-refractivity contribution in [3.05, 3.63) is 34.8 Å². The molecule has 2 N–H and O–H groups in total. The number of carbonyl (C=O) groups excluding carboxylic acids is 1. The Hall–Kier alpha value is -2.13. The third-order valence-corrected chi connectivity index (χ3v) is 5.38. The lowest BCUT2D eigenvalue weighted by Gasteiger charge is -2.06. The number of sulfonamides is 1. The zero-order valence-corrected chi connectivity index (χ0v) is 13.8. The maximum atomic E-state index is 12.3. The van der Waals surface area contributed by atoms with Gasteiger partial charge in [-0.25, -0.2) is 13.4 Å². The number of nitrogens with one attached hydrogen (secondary N) is 2. The molecule has 2 rings (SSSR count). The fourth-order valence-corrected chi connectivity index (χ4v) is 3.84. The molecule has 0 fully saturated rings. The molecule has 7 nitrogen and oxygen atoms in total. The number of aryl methyl sites for hydroxylation is 1. The van der Waals surface area contributed by atoms with Crippen molar-refractivity contribution in [1.29, 1.82) is 0 Å². The number of nitrogens with zero attached hydrogens (tertiary/aromatic N) is 1. The van der Waals surface area contributed by atoms with Crippen LogP contribution in [0.15, 0.2) is 29.2 Å². The van der Waals surface area contributed by atoms with Crippen molar-refractivity contribution in [3.8, 4) is 5.75 Å². The molecule has 118 valence electrons. The fourth-order valence-electron chi connectivity index (χ4n) is 1.69. The summed E-state index contributed by atoms with van der Waals surface area (Å²) in [6, 6.07) is 5.97. The quantitative estimate of drug-likeness (QED) is 0.861. The molecule has 0 saturated heterocycles. The zero-order valence-electron chi connectivity index (χ0n) is 12.2. The van der Waals surface area contributed by atoms with Crippen LogP contribution in [0.2, 0.25) is 0 Å². The molecular weight excluding hydrogens is 326 g/mol. The first-order chi connectivity index (χ1) is 10.4. The minimum atomic E-state index is -3.76. The lowest BCUT2D eigenvalue weighted by Crippen LogP contribution is -2.17. The van der Waals surface area contributed by atoms with Gasteiger partial charge in [0.25, 0.3) is 15.9 Å². The maximum Gasteiger partial charge on any atom is 0.263 e. The van der Waals surface area contributed by atoms with Gasteiger partial charge in [0.2, 0.25) is 0 Å². The highest BCUT2D eigenvalue weighted by Crippen LogP contribution is 2.25. The van der Waals surface area contributed by atoms with Crippen molar-refractivity contribution >= 4 is 32.4 Å². The van der Waals surface area contributed by atoms with Crippen molar-refractivity contribution in [2.75, 3.05) is 18.9 Å². The van der Waals surface area contributed by atoms with E-state index in [0.29, 0.717) is 16.3 Å². The van der Waals surface area contributed by atoms with Crippen molar-refractivity contribution in [1.82, 2.24) is 10.3 Å². The maximum absolute atomic E-state index is 12.3. The summed E-state index contributed by atoms with van der Waals surface area (Å²) in [5.74, 6) is 0.260. The second kappa shape index (κ2) is 6.32. The van der Waals surface area contributed by atoms with Crippen LogP contribution >= 0.6 is 11.3 Å². The molecule has 0 aliphatic rings. The van der Waals surface area contributed by atoms with E-state index < -0.39 is 10.0 Å². The Morgan fingerprint density at radius 1 is 1.27 bits per heavy atom. The molecule has 0 radical (unpaired) electrons. The molecule has 9 heteroatoms. The third-order valence-electron chi connectivity index (χ3n) is 2.82. The number of benzene rings is 1. The first-order valence-corrected chi connectivity index (χ1v) is 8.53. The number of ether oxygens (including phenoxy) is 1. The Kier molecular flexibility index (Phi) is 4.67. The van der Waals surface area contributed by atoms with Crippen LogP contribution in [0.1, 0.15) is 15.4 Å². The molecule has 0 unspecified atom stereocenters. The first-order valence-electron chi connectivity index (χ1n) is 6.23. The van der Waals surface area contributed by atoms with Gasteiger partial charge in [0.05, 0.1) is 17.7 Å². The summed E-state index contributed by atoms with van der Waals surface area (Å²) in [6.45, 7) is 1.65. The van der Waals surface area contributed by atoms with Crippen molar-refractivity contribution < 1.29 is 17.9 Å². The Morgan fingerprint density at radius 3 is 2.45 bits per heavy atom. The average Bonchev–Trinajstić information content (AvgIpc) is 2.86. The second-order valence-electron chi connectivity index (χ2n) is 4.29. The van der Waals surface area contributed by atoms with Crippen LogP contribution in [0.3, 0.4) is 0 Å². The summed E-state index contributed by atoms with van der Waals surface area (Å²) in [4.78, 5) is 16.1. The summed E-state index contributed by atoms with van der Waals surface area (Å²) in [5, 5.41) is 2.63. The molecule has 1 heterocycles. The zero-order chi connectivity index (χ0) is 16.3. The SMILES string of the molecule is CNC(=O)c1sc(NS(=O)(=O)c2ccc(OC)cc2)nc1C. The highest BCUT2D eigenvalue weighted by Gasteiger charge is 2.19. The first kappa shape index (κ1) is 16.2. The topological polar surface area (TPSA) is 97.4 Å². The molecule has 0 aliphatic carbocycles. The van der Waals surface area contributed by atoms with Crippen LogP contribution in [-0.2, 0) is 10.0 Å². The minimum Gasteiger partial charge on any atom is -0.497 e. The Morgan fingerprint density at radius 2 is 1.91 bits per heavy atom. The van der Waals surface area contributed by atoms with E-state index in [2.05, 4.69) is 15.0 Å². The number of aromatic nitrogens is 1. The standard InChI is InChI=1S/C13H15N3O4S2/c1-8-11(12(17)14-2)21-13(15-8)16-22(18,19)10-6-4-9(20-3)5-7-10/h4-7H,1-3H3,(H,14,17)(H,15,16). The molecule has 22 heavy (non-hydrogen) atoms. The monoisotopic (exact) mass is 341 g/mol. The van der Waals surface area contributed by atoms with Gasteiger partial charge in [-0.2, -0.15) is 0 Å². The molecule has 0 aliphatic heterocycles. The van der Waals surface area contributed by atoms with Gasteiger partial charge in [0, 0.05) is 7.05 Å². The average molecular weight is 341 g/mol. The van der Waals surface area contributed by atoms with Crippen LogP contribution in [0.25, 0.3) is 0 Å². The number of carbonyl (C=O) groups is 1. The van der Waals surface area contributed by atoms with Gasteiger partial charge in [-0.3, -0.25) is 9.52 Å². The fraction of sp³-hybridized carbons (Fsp3) is 0.231. The van der Waals surface area contributed by atoms with E-state index in [9.17, 15) is 13.2 Å². The largest absolute Gasteiger partial charge is 0.497 e. The van der Waals surface area contributed by atoms with E-state index in [-0.39, 0.29) is 15.9 Å². The van der Waals surface area contributed by atoms with Crippen LogP contribution in [0.5, 0.6) is 5.75 Å². The molecule has 0 bridgehead atoms. The summed E-state index contributed by atoms with van der Waals surface area (Å²) >= 11 is 0.983. The highest BCUT2D eigenvalue weighted by molar-refractivity contribution is 7.93. The van der Waals surface area contributed by atoms with Crippen molar-refractivity contribution in [2.24, 2.45) is 0 Å². The Balaban J connectivity index is 2.26. The van der Waals surface area contributed by atoms with Gasteiger partial charge in [0.15, 0.2) is 5.13 Å². The van der Waals surface area contributed by atoms with E-state index in [4.69, 9.17) is 4.74 Å². The normalized spacial score (nSPS) is 11.0. The van der Waals surface area contributed by atoms with Gasteiger partial charge in [-0.1, -0.05) is 11.3 Å². The molecule has 1 aromatic heterocycles. The van der Waals surface area contributed by atoms with Gasteiger partial charge in [-0.05, 0) is 31.2 Å².